The van der Waals surface area contributed by atoms with E-state index in [0.29, 0.717) is 23.4 Å². The fraction of sp³-hybridized carbons (Fsp3) is 0.323. The molecular weight excluding hydrogens is 641 g/mol. The van der Waals surface area contributed by atoms with Gasteiger partial charge in [0.05, 0.1) is 33.9 Å². The summed E-state index contributed by atoms with van der Waals surface area (Å²) in [5.41, 5.74) is 0.590. The minimum absolute atomic E-state index is 0.00190. The normalized spacial score (nSPS) is 13.6. The van der Waals surface area contributed by atoms with Crippen molar-refractivity contribution < 1.29 is 27.9 Å². The van der Waals surface area contributed by atoms with Crippen molar-refractivity contribution >= 4 is 51.5 Å². The summed E-state index contributed by atoms with van der Waals surface area (Å²) in [6, 6.07) is 2.61. The maximum Gasteiger partial charge on any atom is 0.416 e. The van der Waals surface area contributed by atoms with E-state index in [1.54, 1.807) is 25.3 Å². The molecule has 16 heteroatoms. The molecule has 246 valence electrons. The molecule has 0 radical (unpaired) electrons. The van der Waals surface area contributed by atoms with Crippen LogP contribution in [0.5, 0.6) is 5.75 Å². The van der Waals surface area contributed by atoms with Crippen LogP contribution in [0.2, 0.25) is 5.02 Å². The molecular formula is C31H30ClF3N8O4. The van der Waals surface area contributed by atoms with Gasteiger partial charge in [-0.3, -0.25) is 14.4 Å². The Morgan fingerprint density at radius 3 is 2.45 bits per heavy atom. The molecule has 0 saturated carbocycles. The van der Waals surface area contributed by atoms with Crippen molar-refractivity contribution in [1.29, 1.82) is 0 Å². The SMILES string of the molecule is C=C(C)c1cnc2c(n1)c(=O)c(N1CCN(C(=O)c3ncnc(C)c3O)CC1)c(CC)n2CC(=O)Nc1ccc(C(F)(F)F)cc1Cl. The Labute approximate surface area is 271 Å². The number of alkyl halides is 3. The topological polar surface area (TPSA) is 146 Å². The molecule has 0 unspecified atom stereocenters. The minimum Gasteiger partial charge on any atom is -0.504 e. The van der Waals surface area contributed by atoms with Crippen molar-refractivity contribution in [2.24, 2.45) is 0 Å². The summed E-state index contributed by atoms with van der Waals surface area (Å²) in [5, 5.41) is 12.6. The molecule has 2 amide bonds. The molecule has 1 saturated heterocycles. The van der Waals surface area contributed by atoms with Gasteiger partial charge < -0.3 is 24.8 Å². The summed E-state index contributed by atoms with van der Waals surface area (Å²) in [7, 11) is 0. The molecule has 1 aliphatic heterocycles. The molecule has 0 spiro atoms. The summed E-state index contributed by atoms with van der Waals surface area (Å²) >= 11 is 6.07. The Morgan fingerprint density at radius 1 is 1.13 bits per heavy atom. The summed E-state index contributed by atoms with van der Waals surface area (Å²) in [6.07, 6.45) is -1.67. The first-order valence-corrected chi connectivity index (χ1v) is 14.9. The Bertz CT molecular complexity index is 1970. The van der Waals surface area contributed by atoms with Gasteiger partial charge in [0, 0.05) is 31.9 Å². The summed E-state index contributed by atoms with van der Waals surface area (Å²) in [4.78, 5) is 60.7. The van der Waals surface area contributed by atoms with Gasteiger partial charge >= 0.3 is 6.18 Å². The number of nitrogens with zero attached hydrogens (tertiary/aromatic N) is 7. The molecule has 4 aromatic rings. The zero-order valence-corrected chi connectivity index (χ0v) is 26.4. The number of aryl methyl sites for hydroxylation is 1. The van der Waals surface area contributed by atoms with Crippen LogP contribution in [-0.4, -0.2) is 72.5 Å². The molecule has 1 aromatic carbocycles. The lowest BCUT2D eigenvalue weighted by atomic mass is 10.1. The highest BCUT2D eigenvalue weighted by molar-refractivity contribution is 6.33. The van der Waals surface area contributed by atoms with Gasteiger partial charge in [0.15, 0.2) is 22.6 Å². The largest absolute Gasteiger partial charge is 0.504 e. The molecule has 0 aliphatic carbocycles. The Balaban J connectivity index is 1.50. The Hall–Kier alpha value is -5.05. The highest BCUT2D eigenvalue weighted by atomic mass is 35.5. The molecule has 1 fully saturated rings. The number of piperazine rings is 1. The van der Waals surface area contributed by atoms with Crippen LogP contribution < -0.4 is 15.6 Å². The first kappa shape index (κ1) is 33.3. The van der Waals surface area contributed by atoms with E-state index in [2.05, 4.69) is 31.8 Å². The van der Waals surface area contributed by atoms with Gasteiger partial charge in [-0.2, -0.15) is 13.2 Å². The number of benzene rings is 1. The van der Waals surface area contributed by atoms with Gasteiger partial charge in [-0.05, 0) is 44.0 Å². The second kappa shape index (κ2) is 13.0. The lowest BCUT2D eigenvalue weighted by Crippen LogP contribution is -2.50. The van der Waals surface area contributed by atoms with Gasteiger partial charge in [-0.1, -0.05) is 25.1 Å². The first-order valence-electron chi connectivity index (χ1n) is 14.5. The van der Waals surface area contributed by atoms with Crippen LogP contribution in [0.3, 0.4) is 0 Å². The van der Waals surface area contributed by atoms with Gasteiger partial charge in [0.25, 0.3) is 5.91 Å². The van der Waals surface area contributed by atoms with Crippen LogP contribution in [0, 0.1) is 6.92 Å². The molecule has 4 heterocycles. The fourth-order valence-corrected chi connectivity index (χ4v) is 5.55. The zero-order valence-electron chi connectivity index (χ0n) is 25.7. The maximum absolute atomic E-state index is 14.1. The molecule has 0 atom stereocenters. The number of aromatic nitrogens is 5. The smallest absolute Gasteiger partial charge is 0.416 e. The third kappa shape index (κ3) is 6.61. The number of fused-ring (bicyclic) bond motifs is 1. The molecule has 1 aliphatic rings. The second-order valence-electron chi connectivity index (χ2n) is 10.9. The lowest BCUT2D eigenvalue weighted by Gasteiger charge is -2.37. The van der Waals surface area contributed by atoms with Crippen molar-refractivity contribution in [3.8, 4) is 5.75 Å². The molecule has 5 rings (SSSR count). The number of carbonyl (C=O) groups is 2. The second-order valence-corrected chi connectivity index (χ2v) is 11.4. The third-order valence-electron chi connectivity index (χ3n) is 7.77. The Morgan fingerprint density at radius 2 is 1.83 bits per heavy atom. The van der Waals surface area contributed by atoms with E-state index in [0.717, 1.165) is 18.2 Å². The number of pyridine rings is 1. The van der Waals surface area contributed by atoms with Crippen LogP contribution in [0.1, 0.15) is 47.0 Å². The number of hydrogen-bond donors (Lipinski definition) is 2. The van der Waals surface area contributed by atoms with Crippen LogP contribution >= 0.6 is 11.6 Å². The predicted octanol–water partition coefficient (Wildman–Crippen LogP) is 4.46. The fourth-order valence-electron chi connectivity index (χ4n) is 5.32. The van der Waals surface area contributed by atoms with Gasteiger partial charge in [-0.25, -0.2) is 19.9 Å². The number of anilines is 2. The van der Waals surface area contributed by atoms with Crippen LogP contribution in [0.25, 0.3) is 16.7 Å². The predicted molar refractivity (Wildman–Crippen MR) is 170 cm³/mol. The van der Waals surface area contributed by atoms with Gasteiger partial charge in [0.1, 0.15) is 18.6 Å². The maximum atomic E-state index is 14.1. The number of carbonyl (C=O) groups excluding carboxylic acids is 2. The standard InChI is InChI=1S/C31H30ClF3N8O4/c1-5-22-26(41-8-10-42(11-9-41)30(47)25-27(45)17(4)37-15-38-25)28(46)24-29(36-13-21(40-24)16(2)3)43(22)14-23(44)39-20-7-6-18(12-19(20)32)31(33,34)35/h6-7,12-13,15,45H,2,5,8-11,14H2,1,3-4H3,(H,39,44). The third-order valence-corrected chi connectivity index (χ3v) is 8.09. The highest BCUT2D eigenvalue weighted by Gasteiger charge is 2.32. The van der Waals surface area contributed by atoms with Gasteiger partial charge in [0.2, 0.25) is 11.3 Å². The number of allylic oxidation sites excluding steroid dienone is 1. The average molecular weight is 671 g/mol. The highest BCUT2D eigenvalue weighted by Crippen LogP contribution is 2.34. The van der Waals surface area contributed by atoms with E-state index in [1.165, 1.54) is 17.4 Å². The number of nitrogens with one attached hydrogen (secondary N) is 1. The van der Waals surface area contributed by atoms with E-state index in [9.17, 15) is 32.7 Å². The van der Waals surface area contributed by atoms with E-state index in [1.807, 2.05) is 4.90 Å². The molecule has 3 aromatic heterocycles. The number of amides is 2. The number of halogens is 4. The van der Waals surface area contributed by atoms with Crippen molar-refractivity contribution in [3.05, 3.63) is 80.9 Å². The molecule has 47 heavy (non-hydrogen) atoms. The average Bonchev–Trinajstić information content (AvgIpc) is 3.03. The van der Waals surface area contributed by atoms with Crippen molar-refractivity contribution in [1.82, 2.24) is 29.4 Å². The van der Waals surface area contributed by atoms with E-state index in [4.69, 9.17) is 11.6 Å². The number of hydrogen-bond acceptors (Lipinski definition) is 9. The van der Waals surface area contributed by atoms with Crippen molar-refractivity contribution in [3.63, 3.8) is 0 Å². The summed E-state index contributed by atoms with van der Waals surface area (Å²) in [6.45, 7) is 9.48. The minimum atomic E-state index is -4.61. The Kier molecular flexibility index (Phi) is 9.20. The zero-order chi connectivity index (χ0) is 34.2. The summed E-state index contributed by atoms with van der Waals surface area (Å²) in [5.74, 6) is -1.40. The van der Waals surface area contributed by atoms with E-state index >= 15 is 0 Å². The van der Waals surface area contributed by atoms with Crippen LogP contribution in [0.4, 0.5) is 24.5 Å². The van der Waals surface area contributed by atoms with Crippen LogP contribution in [0.15, 0.2) is 42.1 Å². The number of rotatable bonds is 7. The first-order chi connectivity index (χ1) is 22.2. The molecule has 0 bridgehead atoms. The van der Waals surface area contributed by atoms with Gasteiger partial charge in [-0.15, -0.1) is 0 Å². The van der Waals surface area contributed by atoms with E-state index < -0.39 is 29.0 Å². The number of aromatic hydroxyl groups is 1. The van der Waals surface area contributed by atoms with Crippen LogP contribution in [-0.2, 0) is 23.9 Å². The van der Waals surface area contributed by atoms with Crippen molar-refractivity contribution in [2.75, 3.05) is 36.4 Å². The van der Waals surface area contributed by atoms with Crippen molar-refractivity contribution in [2.45, 2.75) is 39.9 Å². The van der Waals surface area contributed by atoms with E-state index in [-0.39, 0.29) is 77.4 Å². The quantitative estimate of drug-likeness (QED) is 0.291. The molecule has 12 nitrogen and oxygen atoms in total. The monoisotopic (exact) mass is 670 g/mol. The summed E-state index contributed by atoms with van der Waals surface area (Å²) < 4.78 is 40.9. The lowest BCUT2D eigenvalue weighted by molar-refractivity contribution is -0.137. The molecule has 2 N–H and O–H groups in total.